The highest BCUT2D eigenvalue weighted by molar-refractivity contribution is 7.19. The summed E-state index contributed by atoms with van der Waals surface area (Å²) in [5.74, 6) is 1.31. The SMILES string of the molecule is CCC(O)C[C@H]1CCc2sc3ncnc(NC4CCC(NC(=O)OC(C)(C)C)CC4)c3c21. The summed E-state index contributed by atoms with van der Waals surface area (Å²) in [7, 11) is 0. The summed E-state index contributed by atoms with van der Waals surface area (Å²) in [6.07, 6.45) is 8.60. The highest BCUT2D eigenvalue weighted by Crippen LogP contribution is 2.47. The molecule has 0 spiro atoms. The van der Waals surface area contributed by atoms with E-state index < -0.39 is 5.60 Å². The standard InChI is InChI=1S/C24H36N4O3S/c1-5-17(29)12-14-6-11-18-19(14)20-21(25-13-26-22(20)32-18)27-15-7-9-16(10-8-15)28-23(30)31-24(2,3)4/h13-17,29H,5-12H2,1-4H3,(H,28,30)(H,25,26,27)/t14-,15?,16?,17?/m1/s1. The molecule has 2 aliphatic carbocycles. The summed E-state index contributed by atoms with van der Waals surface area (Å²) in [6.45, 7) is 7.68. The van der Waals surface area contributed by atoms with Crippen LogP contribution in [0, 0.1) is 0 Å². The Kier molecular flexibility index (Phi) is 6.91. The molecule has 1 saturated carbocycles. The van der Waals surface area contributed by atoms with E-state index in [1.807, 2.05) is 27.7 Å². The zero-order chi connectivity index (χ0) is 22.9. The molecule has 0 aromatic carbocycles. The van der Waals surface area contributed by atoms with Crippen LogP contribution in [0.15, 0.2) is 6.33 Å². The second-order valence-electron chi connectivity index (χ2n) is 10.2. The van der Waals surface area contributed by atoms with Crippen LogP contribution in [0.2, 0.25) is 0 Å². The number of thiophene rings is 1. The molecule has 0 aliphatic heterocycles. The van der Waals surface area contributed by atoms with Crippen molar-refractivity contribution >= 4 is 33.5 Å². The highest BCUT2D eigenvalue weighted by Gasteiger charge is 2.32. The summed E-state index contributed by atoms with van der Waals surface area (Å²) in [4.78, 5) is 23.7. The van der Waals surface area contributed by atoms with E-state index in [0.717, 1.165) is 67.4 Å². The molecule has 2 aliphatic rings. The van der Waals surface area contributed by atoms with E-state index in [9.17, 15) is 9.90 Å². The Morgan fingerprint density at radius 1 is 1.22 bits per heavy atom. The van der Waals surface area contributed by atoms with Gasteiger partial charge in [-0.25, -0.2) is 14.8 Å². The van der Waals surface area contributed by atoms with Gasteiger partial charge in [0.05, 0.1) is 11.5 Å². The molecule has 8 heteroatoms. The normalized spacial score (nSPS) is 24.2. The van der Waals surface area contributed by atoms with E-state index in [1.54, 1.807) is 17.7 Å². The van der Waals surface area contributed by atoms with E-state index in [1.165, 1.54) is 10.4 Å². The van der Waals surface area contributed by atoms with Crippen molar-refractivity contribution in [3.8, 4) is 0 Å². The summed E-state index contributed by atoms with van der Waals surface area (Å²) >= 11 is 1.78. The number of carbonyl (C=O) groups excluding carboxylic acids is 1. The van der Waals surface area contributed by atoms with Gasteiger partial charge in [0.25, 0.3) is 0 Å². The Morgan fingerprint density at radius 2 is 1.94 bits per heavy atom. The Hall–Kier alpha value is -1.93. The maximum absolute atomic E-state index is 12.1. The van der Waals surface area contributed by atoms with Crippen LogP contribution >= 0.6 is 11.3 Å². The van der Waals surface area contributed by atoms with Crippen molar-refractivity contribution in [2.75, 3.05) is 5.32 Å². The van der Waals surface area contributed by atoms with Crippen molar-refractivity contribution in [1.82, 2.24) is 15.3 Å². The van der Waals surface area contributed by atoms with Crippen LogP contribution in [0.5, 0.6) is 0 Å². The third-order valence-corrected chi connectivity index (χ3v) is 7.72. The molecule has 32 heavy (non-hydrogen) atoms. The van der Waals surface area contributed by atoms with Crippen LogP contribution in [0.3, 0.4) is 0 Å². The number of rotatable bonds is 6. The molecule has 2 aromatic heterocycles. The lowest BCUT2D eigenvalue weighted by atomic mass is 9.90. The van der Waals surface area contributed by atoms with Gasteiger partial charge in [-0.15, -0.1) is 11.3 Å². The molecular weight excluding hydrogens is 424 g/mol. The fraction of sp³-hybridized carbons (Fsp3) is 0.708. The summed E-state index contributed by atoms with van der Waals surface area (Å²) < 4.78 is 5.39. The molecule has 1 amide bonds. The monoisotopic (exact) mass is 460 g/mol. The molecule has 2 heterocycles. The quantitative estimate of drug-likeness (QED) is 0.553. The van der Waals surface area contributed by atoms with Crippen molar-refractivity contribution in [3.63, 3.8) is 0 Å². The smallest absolute Gasteiger partial charge is 0.407 e. The van der Waals surface area contributed by atoms with Crippen LogP contribution in [0.4, 0.5) is 10.6 Å². The van der Waals surface area contributed by atoms with Gasteiger partial charge in [-0.1, -0.05) is 6.92 Å². The summed E-state index contributed by atoms with van der Waals surface area (Å²) in [6, 6.07) is 0.472. The van der Waals surface area contributed by atoms with Crippen molar-refractivity contribution < 1.29 is 14.6 Å². The third kappa shape index (κ3) is 5.34. The van der Waals surface area contributed by atoms with Gasteiger partial charge in [-0.05, 0) is 83.6 Å². The number of aliphatic hydroxyl groups is 1. The van der Waals surface area contributed by atoms with Crippen molar-refractivity contribution in [2.24, 2.45) is 0 Å². The molecule has 2 aromatic rings. The van der Waals surface area contributed by atoms with Crippen molar-refractivity contribution in [3.05, 3.63) is 16.8 Å². The van der Waals surface area contributed by atoms with E-state index in [0.29, 0.717) is 12.0 Å². The molecule has 1 fully saturated rings. The first-order valence-corrected chi connectivity index (χ1v) is 12.8. The number of fused-ring (bicyclic) bond motifs is 3. The van der Waals surface area contributed by atoms with Gasteiger partial charge in [-0.3, -0.25) is 0 Å². The van der Waals surface area contributed by atoms with Crippen LogP contribution in [0.1, 0.15) is 89.0 Å². The van der Waals surface area contributed by atoms with Crippen LogP contribution in [-0.4, -0.2) is 45.0 Å². The number of nitrogens with zero attached hydrogens (tertiary/aromatic N) is 2. The lowest BCUT2D eigenvalue weighted by Crippen LogP contribution is -2.42. The first-order chi connectivity index (χ1) is 15.2. The Morgan fingerprint density at radius 3 is 2.62 bits per heavy atom. The number of aromatic nitrogens is 2. The number of hydrogen-bond donors (Lipinski definition) is 3. The number of aliphatic hydroxyl groups excluding tert-OH is 1. The predicted molar refractivity (Wildman–Crippen MR) is 128 cm³/mol. The molecule has 4 rings (SSSR count). The first kappa shape index (κ1) is 23.2. The molecular formula is C24H36N4O3S. The van der Waals surface area contributed by atoms with Crippen LogP contribution in [0.25, 0.3) is 10.2 Å². The number of amides is 1. The number of carbonyl (C=O) groups is 1. The minimum absolute atomic E-state index is 0.152. The van der Waals surface area contributed by atoms with E-state index in [4.69, 9.17) is 4.74 Å². The molecule has 1 unspecified atom stereocenters. The maximum Gasteiger partial charge on any atom is 0.407 e. The summed E-state index contributed by atoms with van der Waals surface area (Å²) in [5.41, 5.74) is 0.883. The molecule has 0 bridgehead atoms. The van der Waals surface area contributed by atoms with E-state index in [2.05, 4.69) is 20.6 Å². The molecule has 2 atom stereocenters. The van der Waals surface area contributed by atoms with E-state index >= 15 is 0 Å². The van der Waals surface area contributed by atoms with Gasteiger partial charge >= 0.3 is 6.09 Å². The zero-order valence-electron chi connectivity index (χ0n) is 19.6. The van der Waals surface area contributed by atoms with Crippen LogP contribution in [-0.2, 0) is 11.2 Å². The lowest BCUT2D eigenvalue weighted by molar-refractivity contribution is 0.0492. The minimum atomic E-state index is -0.479. The summed E-state index contributed by atoms with van der Waals surface area (Å²) in [5, 5.41) is 18.1. The van der Waals surface area contributed by atoms with E-state index in [-0.39, 0.29) is 18.2 Å². The fourth-order valence-electron chi connectivity index (χ4n) is 4.96. The Labute approximate surface area is 194 Å². The van der Waals surface area contributed by atoms with Gasteiger partial charge in [0, 0.05) is 17.0 Å². The fourth-order valence-corrected chi connectivity index (χ4v) is 6.20. The third-order valence-electron chi connectivity index (χ3n) is 6.55. The minimum Gasteiger partial charge on any atom is -0.444 e. The predicted octanol–water partition coefficient (Wildman–Crippen LogP) is 5.13. The van der Waals surface area contributed by atoms with Crippen LogP contribution < -0.4 is 10.6 Å². The molecule has 0 saturated heterocycles. The molecule has 3 N–H and O–H groups in total. The average Bonchev–Trinajstić information content (AvgIpc) is 3.28. The molecule has 7 nitrogen and oxygen atoms in total. The number of anilines is 1. The molecule has 0 radical (unpaired) electrons. The van der Waals surface area contributed by atoms with Gasteiger partial charge < -0.3 is 20.5 Å². The number of nitrogens with one attached hydrogen (secondary N) is 2. The average molecular weight is 461 g/mol. The second kappa shape index (κ2) is 9.51. The van der Waals surface area contributed by atoms with Gasteiger partial charge in [0.15, 0.2) is 0 Å². The molecule has 176 valence electrons. The lowest BCUT2D eigenvalue weighted by Gasteiger charge is -2.31. The second-order valence-corrected chi connectivity index (χ2v) is 11.3. The zero-order valence-corrected chi connectivity index (χ0v) is 20.4. The van der Waals surface area contributed by atoms with Gasteiger partial charge in [0.2, 0.25) is 0 Å². The number of alkyl carbamates (subject to hydrolysis) is 1. The Bertz CT molecular complexity index is 947. The maximum atomic E-state index is 12.1. The first-order valence-electron chi connectivity index (χ1n) is 11.9. The van der Waals surface area contributed by atoms with Crippen molar-refractivity contribution in [1.29, 1.82) is 0 Å². The van der Waals surface area contributed by atoms with Crippen molar-refractivity contribution in [2.45, 2.75) is 109 Å². The number of aryl methyl sites for hydroxylation is 1. The van der Waals surface area contributed by atoms with Gasteiger partial charge in [0.1, 0.15) is 22.6 Å². The largest absolute Gasteiger partial charge is 0.444 e. The topological polar surface area (TPSA) is 96.4 Å². The highest BCUT2D eigenvalue weighted by atomic mass is 32.1. The Balaban J connectivity index is 1.42. The number of ether oxygens (including phenoxy) is 1. The van der Waals surface area contributed by atoms with Gasteiger partial charge in [-0.2, -0.15) is 0 Å². The number of hydrogen-bond acceptors (Lipinski definition) is 7.